The predicted molar refractivity (Wildman–Crippen MR) is 52.3 cm³/mol. The SMILES string of the molecule is CCn1c(C(=O)O)nc2ccc(F)cc21. The lowest BCUT2D eigenvalue weighted by Gasteiger charge is -2.01. The molecule has 0 bridgehead atoms. The van der Waals surface area contributed by atoms with E-state index in [2.05, 4.69) is 4.98 Å². The maximum Gasteiger partial charge on any atom is 0.372 e. The third-order valence-corrected chi connectivity index (χ3v) is 2.22. The van der Waals surface area contributed by atoms with Gasteiger partial charge >= 0.3 is 5.97 Å². The lowest BCUT2D eigenvalue weighted by molar-refractivity contribution is 0.0679. The van der Waals surface area contributed by atoms with E-state index in [0.29, 0.717) is 17.6 Å². The summed E-state index contributed by atoms with van der Waals surface area (Å²) in [5.74, 6) is -1.56. The van der Waals surface area contributed by atoms with Crippen molar-refractivity contribution in [2.24, 2.45) is 0 Å². The third-order valence-electron chi connectivity index (χ3n) is 2.22. The Kier molecular flexibility index (Phi) is 2.15. The molecule has 0 aliphatic rings. The zero-order chi connectivity index (χ0) is 11.0. The van der Waals surface area contributed by atoms with Gasteiger partial charge in [-0.05, 0) is 25.1 Å². The van der Waals surface area contributed by atoms with Crippen LogP contribution in [0.4, 0.5) is 4.39 Å². The third kappa shape index (κ3) is 1.45. The highest BCUT2D eigenvalue weighted by atomic mass is 19.1. The first kappa shape index (κ1) is 9.64. The van der Waals surface area contributed by atoms with Crippen molar-refractivity contribution in [1.29, 1.82) is 0 Å². The Balaban J connectivity index is 2.79. The van der Waals surface area contributed by atoms with Gasteiger partial charge in [-0.1, -0.05) is 0 Å². The number of fused-ring (bicyclic) bond motifs is 1. The summed E-state index contributed by atoms with van der Waals surface area (Å²) in [4.78, 5) is 14.8. The first-order valence-corrected chi connectivity index (χ1v) is 4.52. The van der Waals surface area contributed by atoms with Gasteiger partial charge in [0.2, 0.25) is 5.82 Å². The smallest absolute Gasteiger partial charge is 0.372 e. The monoisotopic (exact) mass is 208 g/mol. The number of rotatable bonds is 2. The Morgan fingerprint density at radius 2 is 2.33 bits per heavy atom. The fraction of sp³-hybridized carbons (Fsp3) is 0.200. The van der Waals surface area contributed by atoms with Crippen molar-refractivity contribution < 1.29 is 14.3 Å². The van der Waals surface area contributed by atoms with Gasteiger partial charge in [0.05, 0.1) is 11.0 Å². The van der Waals surface area contributed by atoms with Crippen LogP contribution < -0.4 is 0 Å². The van der Waals surface area contributed by atoms with E-state index < -0.39 is 11.8 Å². The molecule has 0 aliphatic carbocycles. The van der Waals surface area contributed by atoms with Crippen molar-refractivity contribution >= 4 is 17.0 Å². The van der Waals surface area contributed by atoms with Crippen LogP contribution in [0, 0.1) is 5.82 Å². The van der Waals surface area contributed by atoms with E-state index >= 15 is 0 Å². The molecule has 0 unspecified atom stereocenters. The molecule has 2 rings (SSSR count). The number of imidazole rings is 1. The van der Waals surface area contributed by atoms with Gasteiger partial charge in [-0.2, -0.15) is 0 Å². The lowest BCUT2D eigenvalue weighted by atomic mass is 10.3. The van der Waals surface area contributed by atoms with E-state index in [0.717, 1.165) is 0 Å². The second kappa shape index (κ2) is 3.34. The number of carboxylic acids is 1. The Morgan fingerprint density at radius 3 is 2.93 bits per heavy atom. The average molecular weight is 208 g/mol. The van der Waals surface area contributed by atoms with Gasteiger partial charge in [0.1, 0.15) is 5.82 Å². The summed E-state index contributed by atoms with van der Waals surface area (Å²) in [5, 5.41) is 8.89. The van der Waals surface area contributed by atoms with E-state index in [1.807, 2.05) is 0 Å². The first-order valence-electron chi connectivity index (χ1n) is 4.52. The summed E-state index contributed by atoms with van der Waals surface area (Å²) in [5.41, 5.74) is 1.01. The number of nitrogens with zero attached hydrogens (tertiary/aromatic N) is 2. The van der Waals surface area contributed by atoms with Crippen molar-refractivity contribution in [3.05, 3.63) is 29.8 Å². The van der Waals surface area contributed by atoms with E-state index in [-0.39, 0.29) is 5.82 Å². The number of aromatic nitrogens is 2. The average Bonchev–Trinajstić information content (AvgIpc) is 2.55. The molecule has 0 spiro atoms. The maximum atomic E-state index is 13.0. The minimum Gasteiger partial charge on any atom is -0.475 e. The number of hydrogen-bond donors (Lipinski definition) is 1. The van der Waals surface area contributed by atoms with Crippen LogP contribution in [0.3, 0.4) is 0 Å². The first-order chi connectivity index (χ1) is 7.13. The van der Waals surface area contributed by atoms with Crippen LogP contribution in [-0.4, -0.2) is 20.6 Å². The number of halogens is 1. The Labute approximate surface area is 85.0 Å². The molecule has 0 fully saturated rings. The normalized spacial score (nSPS) is 10.8. The lowest BCUT2D eigenvalue weighted by Crippen LogP contribution is -2.08. The molecule has 78 valence electrons. The van der Waals surface area contributed by atoms with Crippen LogP contribution in [0.5, 0.6) is 0 Å². The molecule has 15 heavy (non-hydrogen) atoms. The van der Waals surface area contributed by atoms with Crippen LogP contribution in [0.1, 0.15) is 17.5 Å². The number of carboxylic acid groups (broad SMARTS) is 1. The van der Waals surface area contributed by atoms with Crippen LogP contribution in [-0.2, 0) is 6.54 Å². The standard InChI is InChI=1S/C10H9FN2O2/c1-2-13-8-5-6(11)3-4-7(8)12-9(13)10(14)15/h3-5H,2H2,1H3,(H,14,15). The molecule has 0 saturated carbocycles. The van der Waals surface area contributed by atoms with Crippen LogP contribution in [0.2, 0.25) is 0 Å². The molecule has 5 heteroatoms. The molecule has 0 aliphatic heterocycles. The highest BCUT2D eigenvalue weighted by molar-refractivity contribution is 5.89. The molecule has 1 aromatic carbocycles. The molecule has 1 N–H and O–H groups in total. The summed E-state index contributed by atoms with van der Waals surface area (Å²) in [6.45, 7) is 2.24. The number of benzene rings is 1. The summed E-state index contributed by atoms with van der Waals surface area (Å²) in [7, 11) is 0. The summed E-state index contributed by atoms with van der Waals surface area (Å²) >= 11 is 0. The Bertz CT molecular complexity index is 533. The van der Waals surface area contributed by atoms with Gasteiger partial charge in [0.15, 0.2) is 0 Å². The second-order valence-electron chi connectivity index (χ2n) is 3.12. The molecule has 0 atom stereocenters. The molecule has 0 radical (unpaired) electrons. The number of hydrogen-bond acceptors (Lipinski definition) is 2. The fourth-order valence-electron chi connectivity index (χ4n) is 1.58. The van der Waals surface area contributed by atoms with Crippen LogP contribution in [0.15, 0.2) is 18.2 Å². The summed E-state index contributed by atoms with van der Waals surface area (Å²) in [6.07, 6.45) is 0. The fourth-order valence-corrected chi connectivity index (χ4v) is 1.58. The van der Waals surface area contributed by atoms with Gasteiger partial charge in [-0.3, -0.25) is 0 Å². The van der Waals surface area contributed by atoms with Gasteiger partial charge < -0.3 is 9.67 Å². The highest BCUT2D eigenvalue weighted by Gasteiger charge is 2.15. The summed E-state index contributed by atoms with van der Waals surface area (Å²) in [6, 6.07) is 4.03. The predicted octanol–water partition coefficient (Wildman–Crippen LogP) is 1.89. The molecular weight excluding hydrogens is 199 g/mol. The molecule has 4 nitrogen and oxygen atoms in total. The Hall–Kier alpha value is -1.91. The van der Waals surface area contributed by atoms with Crippen LogP contribution in [0.25, 0.3) is 11.0 Å². The zero-order valence-corrected chi connectivity index (χ0v) is 8.07. The number of carbonyl (C=O) groups is 1. The van der Waals surface area contributed by atoms with Crippen molar-refractivity contribution in [3.8, 4) is 0 Å². The van der Waals surface area contributed by atoms with Gasteiger partial charge in [-0.15, -0.1) is 0 Å². The second-order valence-corrected chi connectivity index (χ2v) is 3.12. The minimum atomic E-state index is -1.10. The maximum absolute atomic E-state index is 13.0. The Morgan fingerprint density at radius 1 is 1.60 bits per heavy atom. The van der Waals surface area contributed by atoms with Gasteiger partial charge in [0, 0.05) is 6.54 Å². The van der Waals surface area contributed by atoms with E-state index in [1.165, 1.54) is 22.8 Å². The molecule has 0 saturated heterocycles. The zero-order valence-electron chi connectivity index (χ0n) is 8.07. The molecule has 2 aromatic rings. The van der Waals surface area contributed by atoms with E-state index in [1.54, 1.807) is 6.92 Å². The molecule has 0 amide bonds. The van der Waals surface area contributed by atoms with Crippen molar-refractivity contribution in [2.75, 3.05) is 0 Å². The van der Waals surface area contributed by atoms with E-state index in [9.17, 15) is 9.18 Å². The molecule has 1 heterocycles. The van der Waals surface area contributed by atoms with E-state index in [4.69, 9.17) is 5.11 Å². The van der Waals surface area contributed by atoms with Crippen molar-refractivity contribution in [1.82, 2.24) is 9.55 Å². The van der Waals surface area contributed by atoms with Crippen LogP contribution >= 0.6 is 0 Å². The minimum absolute atomic E-state index is 0.0573. The number of aromatic carboxylic acids is 1. The summed E-state index contributed by atoms with van der Waals surface area (Å²) < 4.78 is 14.4. The number of aryl methyl sites for hydroxylation is 1. The van der Waals surface area contributed by atoms with Crippen molar-refractivity contribution in [3.63, 3.8) is 0 Å². The molecular formula is C10H9FN2O2. The largest absolute Gasteiger partial charge is 0.475 e. The molecule has 1 aromatic heterocycles. The topological polar surface area (TPSA) is 55.1 Å². The highest BCUT2D eigenvalue weighted by Crippen LogP contribution is 2.17. The quantitative estimate of drug-likeness (QED) is 0.819. The van der Waals surface area contributed by atoms with Gasteiger partial charge in [-0.25, -0.2) is 14.2 Å². The van der Waals surface area contributed by atoms with Gasteiger partial charge in [0.25, 0.3) is 0 Å². The van der Waals surface area contributed by atoms with Crippen molar-refractivity contribution in [2.45, 2.75) is 13.5 Å².